The van der Waals surface area contributed by atoms with E-state index in [1.807, 2.05) is 102 Å². The van der Waals surface area contributed by atoms with Gasteiger partial charge in [-0.1, -0.05) is 120 Å². The van der Waals surface area contributed by atoms with Crippen LogP contribution in [-0.4, -0.2) is 84.8 Å². The fourth-order valence-corrected chi connectivity index (χ4v) is 9.14. The van der Waals surface area contributed by atoms with Gasteiger partial charge >= 0.3 is 6.09 Å². The van der Waals surface area contributed by atoms with Gasteiger partial charge in [0.2, 0.25) is 5.91 Å². The quantitative estimate of drug-likeness (QED) is 0.105. The van der Waals surface area contributed by atoms with E-state index in [4.69, 9.17) is 32.7 Å². The van der Waals surface area contributed by atoms with Crippen LogP contribution in [0.2, 0.25) is 10.0 Å². The van der Waals surface area contributed by atoms with Gasteiger partial charge in [-0.2, -0.15) is 0 Å². The maximum Gasteiger partial charge on any atom is 0.408 e. The number of hydrogen-bond acceptors (Lipinski definition) is 7. The van der Waals surface area contributed by atoms with Crippen molar-refractivity contribution in [3.05, 3.63) is 154 Å². The summed E-state index contributed by atoms with van der Waals surface area (Å²) in [5, 5.41) is 4.27. The molecule has 0 aromatic heterocycles. The van der Waals surface area contributed by atoms with Gasteiger partial charge in [-0.05, 0) is 96.6 Å². The average molecular weight is 852 g/mol. The molecule has 1 atom stereocenters. The predicted molar refractivity (Wildman–Crippen MR) is 239 cm³/mol. The Bertz CT molecular complexity index is 2140. The number of rotatable bonds is 15. The van der Waals surface area contributed by atoms with Gasteiger partial charge in [0.1, 0.15) is 25.0 Å². The zero-order valence-corrected chi connectivity index (χ0v) is 35.9. The van der Waals surface area contributed by atoms with Crippen molar-refractivity contribution in [1.82, 2.24) is 20.0 Å². The summed E-state index contributed by atoms with van der Waals surface area (Å²) in [6.07, 6.45) is 3.85. The first-order chi connectivity index (χ1) is 28.8. The van der Waals surface area contributed by atoms with Crippen LogP contribution in [0.3, 0.4) is 0 Å². The molecule has 0 spiro atoms. The van der Waals surface area contributed by atoms with Gasteiger partial charge in [0.25, 0.3) is 0 Å². The zero-order chi connectivity index (χ0) is 41.0. The van der Waals surface area contributed by atoms with Gasteiger partial charge in [-0.25, -0.2) is 4.79 Å². The summed E-state index contributed by atoms with van der Waals surface area (Å²) in [4.78, 5) is 35.6. The van der Waals surface area contributed by atoms with Crippen LogP contribution < -0.4 is 10.1 Å². The number of amides is 2. The van der Waals surface area contributed by atoms with Gasteiger partial charge in [-0.15, -0.1) is 11.8 Å². The highest BCUT2D eigenvalue weighted by atomic mass is 35.5. The van der Waals surface area contributed by atoms with Crippen LogP contribution >= 0.6 is 35.0 Å². The second-order valence-corrected chi connectivity index (χ2v) is 16.9. The summed E-state index contributed by atoms with van der Waals surface area (Å²) >= 11 is 15.3. The van der Waals surface area contributed by atoms with E-state index in [2.05, 4.69) is 45.6 Å². The lowest BCUT2D eigenvalue weighted by Gasteiger charge is -2.40. The Morgan fingerprint density at radius 1 is 0.729 bits per heavy atom. The third kappa shape index (κ3) is 11.6. The Labute approximate surface area is 362 Å². The molecule has 0 aliphatic carbocycles. The number of nitrogens with zero attached hydrogens (tertiary/aromatic N) is 3. The number of hydrogen-bond donors (Lipinski definition) is 1. The van der Waals surface area contributed by atoms with Gasteiger partial charge in [-0.3, -0.25) is 9.69 Å². The molecular formula is C48H52Cl2N4O4S. The number of nitrogens with one attached hydrogen (secondary N) is 1. The molecule has 308 valence electrons. The molecule has 2 heterocycles. The number of benzene rings is 5. The monoisotopic (exact) mass is 850 g/mol. The SMILES string of the molecule is CSc1ccccc1CN1CCN(C(=O)[C@H](NC(=O)OCc2ccccc2)C2CCN(CCc3cc(Cl)ccc3-c3cccc(OCc4ccccc4)c3Cl)CC2)CC1. The largest absolute Gasteiger partial charge is 0.487 e. The highest BCUT2D eigenvalue weighted by Crippen LogP contribution is 2.38. The van der Waals surface area contributed by atoms with Gasteiger partial charge < -0.3 is 24.6 Å². The number of thioether (sulfide) groups is 1. The lowest BCUT2D eigenvalue weighted by Crippen LogP contribution is -2.58. The molecule has 0 unspecified atom stereocenters. The Balaban J connectivity index is 0.979. The molecule has 1 N–H and O–H groups in total. The van der Waals surface area contributed by atoms with Crippen LogP contribution in [0.1, 0.15) is 35.1 Å². The fraction of sp³-hybridized carbons (Fsp3) is 0.333. The van der Waals surface area contributed by atoms with Crippen LogP contribution in [0.5, 0.6) is 5.75 Å². The Kier molecular flexibility index (Phi) is 15.3. The topological polar surface area (TPSA) is 74.3 Å². The highest BCUT2D eigenvalue weighted by molar-refractivity contribution is 7.98. The van der Waals surface area contributed by atoms with Crippen LogP contribution in [0.15, 0.2) is 126 Å². The molecule has 59 heavy (non-hydrogen) atoms. The van der Waals surface area contributed by atoms with Crippen molar-refractivity contribution < 1.29 is 19.1 Å². The second-order valence-electron chi connectivity index (χ2n) is 15.2. The second kappa shape index (κ2) is 21.1. The molecule has 11 heteroatoms. The molecule has 5 aromatic carbocycles. The molecule has 2 fully saturated rings. The third-order valence-electron chi connectivity index (χ3n) is 11.4. The Morgan fingerprint density at radius 2 is 1.41 bits per heavy atom. The summed E-state index contributed by atoms with van der Waals surface area (Å²) in [6.45, 7) is 6.63. The van der Waals surface area contributed by atoms with Crippen molar-refractivity contribution >= 4 is 47.0 Å². The Morgan fingerprint density at radius 3 is 2.12 bits per heavy atom. The minimum atomic E-state index is -0.665. The molecular weight excluding hydrogens is 800 g/mol. The minimum Gasteiger partial charge on any atom is -0.487 e. The number of carbonyl (C=O) groups excluding carboxylic acids is 2. The lowest BCUT2D eigenvalue weighted by atomic mass is 9.88. The molecule has 0 saturated carbocycles. The molecule has 7 rings (SSSR count). The van der Waals surface area contributed by atoms with Crippen LogP contribution in [0.4, 0.5) is 4.79 Å². The number of likely N-dealkylation sites (tertiary alicyclic amines) is 1. The molecule has 2 amide bonds. The Hall–Kier alpha value is -4.51. The van der Waals surface area contributed by atoms with Crippen molar-refractivity contribution in [3.63, 3.8) is 0 Å². The molecule has 2 aliphatic rings. The van der Waals surface area contributed by atoms with Crippen molar-refractivity contribution in [2.24, 2.45) is 5.92 Å². The fourth-order valence-electron chi connectivity index (χ4n) is 8.06. The molecule has 0 radical (unpaired) electrons. The van der Waals surface area contributed by atoms with E-state index in [0.717, 1.165) is 86.3 Å². The maximum atomic E-state index is 14.3. The zero-order valence-electron chi connectivity index (χ0n) is 33.5. The standard InChI is InChI=1S/C48H52Cl2N4O4S/c1-59-44-18-9-8-15-39(44)32-53-27-29-54(30-28-53)47(55)46(51-48(56)58-34-36-13-6-3-7-14-36)37-21-24-52(25-22-37)26-23-38-31-40(49)19-20-41(38)42-16-10-17-43(45(42)50)57-33-35-11-4-2-5-12-35/h2-20,31,37,46H,21-30,32-34H2,1H3,(H,51,56)/t46-/m1/s1. The van der Waals surface area contributed by atoms with Crippen molar-refractivity contribution in [2.75, 3.05) is 52.1 Å². The van der Waals surface area contributed by atoms with Gasteiger partial charge in [0, 0.05) is 54.8 Å². The third-order valence-corrected chi connectivity index (χ3v) is 12.8. The van der Waals surface area contributed by atoms with E-state index in [1.165, 1.54) is 10.5 Å². The van der Waals surface area contributed by atoms with Gasteiger partial charge in [0.05, 0.1) is 5.02 Å². The molecule has 5 aromatic rings. The molecule has 8 nitrogen and oxygen atoms in total. The van der Waals surface area contributed by atoms with Gasteiger partial charge in [0.15, 0.2) is 0 Å². The number of piperazine rings is 1. The van der Waals surface area contributed by atoms with Crippen molar-refractivity contribution in [3.8, 4) is 16.9 Å². The van der Waals surface area contributed by atoms with Crippen LogP contribution in [0.25, 0.3) is 11.1 Å². The van der Waals surface area contributed by atoms with E-state index in [-0.39, 0.29) is 18.4 Å². The average Bonchev–Trinajstić information content (AvgIpc) is 3.28. The predicted octanol–water partition coefficient (Wildman–Crippen LogP) is 9.86. The van der Waals surface area contributed by atoms with Crippen LogP contribution in [0, 0.1) is 5.92 Å². The smallest absolute Gasteiger partial charge is 0.408 e. The van der Waals surface area contributed by atoms with Crippen molar-refractivity contribution in [1.29, 1.82) is 0 Å². The minimum absolute atomic E-state index is 0.0197. The van der Waals surface area contributed by atoms with E-state index in [0.29, 0.717) is 35.5 Å². The first-order valence-corrected chi connectivity index (χ1v) is 22.4. The maximum absolute atomic E-state index is 14.3. The van der Waals surface area contributed by atoms with E-state index >= 15 is 0 Å². The number of carbonyl (C=O) groups is 2. The summed E-state index contributed by atoms with van der Waals surface area (Å²) in [5.41, 5.74) is 6.31. The van der Waals surface area contributed by atoms with Crippen molar-refractivity contribution in [2.45, 2.75) is 50.0 Å². The molecule has 0 bridgehead atoms. The summed E-state index contributed by atoms with van der Waals surface area (Å²) in [6, 6.07) is 39.3. The molecule has 2 aliphatic heterocycles. The first kappa shape index (κ1) is 42.6. The first-order valence-electron chi connectivity index (χ1n) is 20.4. The number of alkyl carbamates (subject to hydrolysis) is 1. The van der Waals surface area contributed by atoms with E-state index in [9.17, 15) is 9.59 Å². The summed E-state index contributed by atoms with van der Waals surface area (Å²) in [5.74, 6) is 0.588. The van der Waals surface area contributed by atoms with E-state index in [1.54, 1.807) is 11.8 Å². The number of ether oxygens (including phenoxy) is 2. The number of halogens is 2. The summed E-state index contributed by atoms with van der Waals surface area (Å²) in [7, 11) is 0. The van der Waals surface area contributed by atoms with Crippen LogP contribution in [-0.2, 0) is 35.7 Å². The van der Waals surface area contributed by atoms with E-state index < -0.39 is 12.1 Å². The highest BCUT2D eigenvalue weighted by Gasteiger charge is 2.36. The lowest BCUT2D eigenvalue weighted by molar-refractivity contribution is -0.137. The molecule has 2 saturated heterocycles. The number of piperidine rings is 1. The summed E-state index contributed by atoms with van der Waals surface area (Å²) < 4.78 is 11.8. The normalized spacial score (nSPS) is 15.7.